The minimum Gasteiger partial charge on any atom is -0.370 e. The van der Waals surface area contributed by atoms with Crippen molar-refractivity contribution in [3.05, 3.63) is 34.9 Å². The van der Waals surface area contributed by atoms with E-state index in [1.54, 1.807) is 24.3 Å². The summed E-state index contributed by atoms with van der Waals surface area (Å²) in [5.41, 5.74) is 5.04. The Bertz CT molecular complexity index is 481. The van der Waals surface area contributed by atoms with E-state index in [1.807, 2.05) is 13.8 Å². The summed E-state index contributed by atoms with van der Waals surface area (Å²) in [6.45, 7) is 3.96. The number of guanidine groups is 1. The van der Waals surface area contributed by atoms with Crippen molar-refractivity contribution < 1.29 is 4.39 Å². The Labute approximate surface area is 118 Å². The van der Waals surface area contributed by atoms with Crippen molar-refractivity contribution in [3.63, 3.8) is 0 Å². The van der Waals surface area contributed by atoms with Crippen molar-refractivity contribution in [1.29, 1.82) is 0 Å². The fourth-order valence-corrected chi connectivity index (χ4v) is 2.50. The number of benzene rings is 1. The molecule has 104 valence electrons. The molecule has 1 saturated carbocycles. The third kappa shape index (κ3) is 3.38. The monoisotopic (exact) mass is 283 g/mol. The van der Waals surface area contributed by atoms with E-state index < -0.39 is 5.67 Å². The van der Waals surface area contributed by atoms with Gasteiger partial charge in [0.2, 0.25) is 0 Å². The molecule has 0 spiro atoms. The van der Waals surface area contributed by atoms with Crippen LogP contribution in [0, 0.1) is 0 Å². The van der Waals surface area contributed by atoms with Crippen molar-refractivity contribution >= 4 is 17.6 Å². The van der Waals surface area contributed by atoms with E-state index in [9.17, 15) is 4.39 Å². The number of nitrogens with zero attached hydrogens (tertiary/aromatic N) is 1. The van der Waals surface area contributed by atoms with Gasteiger partial charge in [-0.1, -0.05) is 23.7 Å². The second-order valence-electron chi connectivity index (χ2n) is 5.35. The number of nitrogens with one attached hydrogen (secondary N) is 1. The molecule has 1 fully saturated rings. The Morgan fingerprint density at radius 3 is 2.79 bits per heavy atom. The molecule has 2 rings (SSSR count). The Morgan fingerprint density at radius 1 is 1.53 bits per heavy atom. The summed E-state index contributed by atoms with van der Waals surface area (Å²) in [5.74, 6) is 0.383. The standard InChI is InChI=1S/C14H19ClFN3/c1-9(2)18-13(17)19-12-7-14(16,8-12)10-4-3-5-11(15)6-10/h3-6,9,12H,7-8H2,1-2H3,(H3,17,18,19). The molecule has 1 aromatic rings. The van der Waals surface area contributed by atoms with Gasteiger partial charge in [0.25, 0.3) is 0 Å². The van der Waals surface area contributed by atoms with Crippen LogP contribution in [0.2, 0.25) is 5.02 Å². The number of nitrogens with two attached hydrogens (primary N) is 1. The highest BCUT2D eigenvalue weighted by Gasteiger charge is 2.46. The number of aliphatic imine (C=N–C) groups is 1. The molecule has 19 heavy (non-hydrogen) atoms. The van der Waals surface area contributed by atoms with Crippen LogP contribution in [0.5, 0.6) is 0 Å². The van der Waals surface area contributed by atoms with Crippen LogP contribution in [0.1, 0.15) is 32.3 Å². The smallest absolute Gasteiger partial charge is 0.189 e. The maximum atomic E-state index is 14.6. The zero-order chi connectivity index (χ0) is 14.0. The molecule has 0 radical (unpaired) electrons. The summed E-state index contributed by atoms with van der Waals surface area (Å²) >= 11 is 5.89. The molecule has 3 N–H and O–H groups in total. The van der Waals surface area contributed by atoms with Crippen LogP contribution in [0.25, 0.3) is 0 Å². The fraction of sp³-hybridized carbons (Fsp3) is 0.500. The minimum atomic E-state index is -1.32. The van der Waals surface area contributed by atoms with Gasteiger partial charge in [0.1, 0.15) is 5.67 Å². The number of halogens is 2. The maximum Gasteiger partial charge on any atom is 0.189 e. The van der Waals surface area contributed by atoms with Crippen molar-refractivity contribution in [2.24, 2.45) is 10.7 Å². The topological polar surface area (TPSA) is 50.4 Å². The normalized spacial score (nSPS) is 27.2. The molecule has 0 amide bonds. The predicted molar refractivity (Wildman–Crippen MR) is 77.2 cm³/mol. The molecule has 0 aromatic heterocycles. The molecule has 0 unspecified atom stereocenters. The van der Waals surface area contributed by atoms with Gasteiger partial charge >= 0.3 is 0 Å². The van der Waals surface area contributed by atoms with Gasteiger partial charge in [0, 0.05) is 23.9 Å². The average molecular weight is 284 g/mol. The summed E-state index contributed by atoms with van der Waals surface area (Å²) in [6, 6.07) is 7.12. The third-order valence-corrected chi connectivity index (χ3v) is 3.45. The summed E-state index contributed by atoms with van der Waals surface area (Å²) in [6.07, 6.45) is 0.710. The SMILES string of the molecule is CC(C)NC(N)=NC1CC(F)(c2cccc(Cl)c2)C1. The van der Waals surface area contributed by atoms with E-state index in [4.69, 9.17) is 17.3 Å². The first-order chi connectivity index (χ1) is 8.89. The highest BCUT2D eigenvalue weighted by molar-refractivity contribution is 6.30. The van der Waals surface area contributed by atoms with Crippen LogP contribution in [0.15, 0.2) is 29.3 Å². The first-order valence-corrected chi connectivity index (χ1v) is 6.81. The molecule has 0 atom stereocenters. The predicted octanol–water partition coefficient (Wildman–Crippen LogP) is 2.98. The lowest BCUT2D eigenvalue weighted by atomic mass is 9.73. The zero-order valence-electron chi connectivity index (χ0n) is 11.2. The molecule has 1 aromatic carbocycles. The van der Waals surface area contributed by atoms with Crippen molar-refractivity contribution in [2.45, 2.75) is 44.4 Å². The van der Waals surface area contributed by atoms with Gasteiger partial charge in [-0.2, -0.15) is 0 Å². The second-order valence-corrected chi connectivity index (χ2v) is 5.79. The van der Waals surface area contributed by atoms with Crippen molar-refractivity contribution in [2.75, 3.05) is 0 Å². The number of alkyl halides is 1. The number of hydrogen-bond acceptors (Lipinski definition) is 1. The molecule has 1 aliphatic rings. The lowest BCUT2D eigenvalue weighted by Gasteiger charge is -2.39. The molecule has 0 aliphatic heterocycles. The van der Waals surface area contributed by atoms with Gasteiger partial charge in [0.05, 0.1) is 6.04 Å². The lowest BCUT2D eigenvalue weighted by Crippen LogP contribution is -2.44. The molecule has 0 heterocycles. The van der Waals surface area contributed by atoms with Crippen molar-refractivity contribution in [3.8, 4) is 0 Å². The van der Waals surface area contributed by atoms with Gasteiger partial charge in [-0.25, -0.2) is 9.38 Å². The summed E-state index contributed by atoms with van der Waals surface area (Å²) in [7, 11) is 0. The maximum absolute atomic E-state index is 14.6. The Balaban J connectivity index is 1.98. The van der Waals surface area contributed by atoms with Crippen LogP contribution < -0.4 is 11.1 Å². The average Bonchev–Trinajstić information content (AvgIpc) is 2.25. The summed E-state index contributed by atoms with van der Waals surface area (Å²) < 4.78 is 14.6. The van der Waals surface area contributed by atoms with Crippen LogP contribution in [-0.2, 0) is 5.67 Å². The highest BCUT2D eigenvalue weighted by atomic mass is 35.5. The number of hydrogen-bond donors (Lipinski definition) is 2. The molecule has 0 bridgehead atoms. The van der Waals surface area contributed by atoms with Gasteiger partial charge in [-0.05, 0) is 31.5 Å². The van der Waals surface area contributed by atoms with E-state index in [-0.39, 0.29) is 12.1 Å². The Kier molecular flexibility index (Phi) is 3.99. The fourth-order valence-electron chi connectivity index (χ4n) is 2.31. The first-order valence-electron chi connectivity index (χ1n) is 6.44. The van der Waals surface area contributed by atoms with Crippen LogP contribution in [0.3, 0.4) is 0 Å². The first kappa shape index (κ1) is 14.1. The Hall–Kier alpha value is -1.29. The van der Waals surface area contributed by atoms with E-state index in [1.165, 1.54) is 0 Å². The number of rotatable bonds is 3. The van der Waals surface area contributed by atoms with Crippen molar-refractivity contribution in [1.82, 2.24) is 5.32 Å². The van der Waals surface area contributed by atoms with Gasteiger partial charge in [0.15, 0.2) is 5.96 Å². The summed E-state index contributed by atoms with van der Waals surface area (Å²) in [5, 5.41) is 3.56. The highest BCUT2D eigenvalue weighted by Crippen LogP contribution is 2.47. The van der Waals surface area contributed by atoms with Gasteiger partial charge in [-0.3, -0.25) is 0 Å². The third-order valence-electron chi connectivity index (χ3n) is 3.22. The molecular weight excluding hydrogens is 265 g/mol. The largest absolute Gasteiger partial charge is 0.370 e. The van der Waals surface area contributed by atoms with E-state index in [0.29, 0.717) is 29.4 Å². The van der Waals surface area contributed by atoms with Gasteiger partial charge in [-0.15, -0.1) is 0 Å². The Morgan fingerprint density at radius 2 is 2.21 bits per heavy atom. The molecular formula is C14H19ClFN3. The summed E-state index contributed by atoms with van der Waals surface area (Å²) in [4.78, 5) is 4.28. The van der Waals surface area contributed by atoms with Gasteiger partial charge < -0.3 is 11.1 Å². The molecule has 5 heteroatoms. The van der Waals surface area contributed by atoms with E-state index in [0.717, 1.165) is 0 Å². The minimum absolute atomic E-state index is 0.0600. The van der Waals surface area contributed by atoms with E-state index >= 15 is 0 Å². The molecule has 1 aliphatic carbocycles. The zero-order valence-corrected chi connectivity index (χ0v) is 11.9. The van der Waals surface area contributed by atoms with Crippen LogP contribution in [0.4, 0.5) is 4.39 Å². The van der Waals surface area contributed by atoms with Crippen LogP contribution in [-0.4, -0.2) is 18.0 Å². The van der Waals surface area contributed by atoms with E-state index in [2.05, 4.69) is 10.3 Å². The van der Waals surface area contributed by atoms with Crippen LogP contribution >= 0.6 is 11.6 Å². The molecule has 3 nitrogen and oxygen atoms in total. The second kappa shape index (κ2) is 5.37. The quantitative estimate of drug-likeness (QED) is 0.662. The molecule has 0 saturated heterocycles. The lowest BCUT2D eigenvalue weighted by molar-refractivity contribution is 0.0413.